The van der Waals surface area contributed by atoms with Gasteiger partial charge in [0.25, 0.3) is 0 Å². The first-order chi connectivity index (χ1) is 8.99. The first-order valence-electron chi connectivity index (χ1n) is 5.74. The minimum absolute atomic E-state index is 0.153. The summed E-state index contributed by atoms with van der Waals surface area (Å²) in [5, 5.41) is 9.37. The molecule has 7 heteroatoms. The van der Waals surface area contributed by atoms with E-state index in [9.17, 15) is 13.5 Å². The van der Waals surface area contributed by atoms with Crippen molar-refractivity contribution in [2.75, 3.05) is 0 Å². The molecule has 1 aromatic heterocycles. The normalized spacial score (nSPS) is 13.4. The molecular formula is C12H15N3O3S. The van der Waals surface area contributed by atoms with Crippen molar-refractivity contribution < 1.29 is 13.5 Å². The quantitative estimate of drug-likeness (QED) is 0.760. The highest BCUT2D eigenvalue weighted by Gasteiger charge is 2.14. The van der Waals surface area contributed by atoms with Crippen LogP contribution in [0.3, 0.4) is 0 Å². The Morgan fingerprint density at radius 1 is 1.37 bits per heavy atom. The van der Waals surface area contributed by atoms with Gasteiger partial charge in [-0.3, -0.25) is 0 Å². The van der Waals surface area contributed by atoms with Gasteiger partial charge in [0.1, 0.15) is 0 Å². The molecule has 0 aliphatic rings. The van der Waals surface area contributed by atoms with E-state index in [0.29, 0.717) is 11.3 Å². The van der Waals surface area contributed by atoms with Gasteiger partial charge < -0.3 is 10.1 Å². The van der Waals surface area contributed by atoms with Crippen LogP contribution in [0.1, 0.15) is 24.3 Å². The van der Waals surface area contributed by atoms with Crippen molar-refractivity contribution in [3.8, 4) is 0 Å². The highest BCUT2D eigenvalue weighted by Crippen LogP contribution is 2.15. The number of aliphatic hydroxyl groups is 1. The van der Waals surface area contributed by atoms with Crippen LogP contribution in [0, 0.1) is 0 Å². The van der Waals surface area contributed by atoms with Gasteiger partial charge in [0, 0.05) is 11.9 Å². The standard InChI is InChI=1S/C12H15N3O3S/c1-9(16)10-2-4-12(5-3-10)19(17,18)15-7-11-6-13-8-14-11/h2-6,8-9,15-16H,7H2,1H3,(H,13,14). The van der Waals surface area contributed by atoms with E-state index in [1.54, 1.807) is 25.3 Å². The molecule has 0 amide bonds. The molecule has 1 atom stereocenters. The van der Waals surface area contributed by atoms with Crippen molar-refractivity contribution in [1.82, 2.24) is 14.7 Å². The second-order valence-corrected chi connectivity index (χ2v) is 5.91. The molecule has 2 rings (SSSR count). The summed E-state index contributed by atoms with van der Waals surface area (Å²) in [5.41, 5.74) is 1.36. The van der Waals surface area contributed by atoms with Gasteiger partial charge in [-0.2, -0.15) is 0 Å². The number of nitrogens with one attached hydrogen (secondary N) is 2. The Morgan fingerprint density at radius 3 is 2.58 bits per heavy atom. The summed E-state index contributed by atoms with van der Waals surface area (Å²) in [6.45, 7) is 1.78. The lowest BCUT2D eigenvalue weighted by atomic mass is 10.1. The van der Waals surface area contributed by atoms with Gasteiger partial charge in [-0.25, -0.2) is 18.1 Å². The van der Waals surface area contributed by atoms with Gasteiger partial charge >= 0.3 is 0 Å². The highest BCUT2D eigenvalue weighted by atomic mass is 32.2. The first kappa shape index (κ1) is 13.7. The molecule has 3 N–H and O–H groups in total. The molecule has 1 heterocycles. The smallest absolute Gasteiger partial charge is 0.240 e. The van der Waals surface area contributed by atoms with Crippen molar-refractivity contribution in [1.29, 1.82) is 0 Å². The molecule has 1 unspecified atom stereocenters. The number of rotatable bonds is 5. The van der Waals surface area contributed by atoms with Crippen LogP contribution in [-0.4, -0.2) is 23.5 Å². The third kappa shape index (κ3) is 3.40. The summed E-state index contributed by atoms with van der Waals surface area (Å²) in [5.74, 6) is 0. The van der Waals surface area contributed by atoms with Crippen LogP contribution in [0.25, 0.3) is 0 Å². The number of hydrogen-bond donors (Lipinski definition) is 3. The van der Waals surface area contributed by atoms with Crippen LogP contribution >= 0.6 is 0 Å². The molecule has 0 aliphatic heterocycles. The summed E-state index contributed by atoms with van der Waals surface area (Å²) in [7, 11) is -3.56. The van der Waals surface area contributed by atoms with E-state index in [0.717, 1.165) is 0 Å². The Kier molecular flexibility index (Phi) is 3.98. The zero-order valence-corrected chi connectivity index (χ0v) is 11.2. The molecular weight excluding hydrogens is 266 g/mol. The van der Waals surface area contributed by atoms with Gasteiger partial charge in [0.15, 0.2) is 0 Å². The van der Waals surface area contributed by atoms with Gasteiger partial charge in [-0.15, -0.1) is 0 Å². The van der Waals surface area contributed by atoms with E-state index in [1.807, 2.05) is 0 Å². The van der Waals surface area contributed by atoms with E-state index >= 15 is 0 Å². The van der Waals surface area contributed by atoms with Crippen LogP contribution in [-0.2, 0) is 16.6 Å². The molecule has 19 heavy (non-hydrogen) atoms. The predicted octanol–water partition coefficient (Wildman–Crippen LogP) is 0.942. The summed E-state index contributed by atoms with van der Waals surface area (Å²) in [6.07, 6.45) is 2.43. The average molecular weight is 281 g/mol. The molecule has 0 spiro atoms. The van der Waals surface area contributed by atoms with Crippen molar-refractivity contribution in [3.63, 3.8) is 0 Å². The van der Waals surface area contributed by atoms with Gasteiger partial charge in [0.2, 0.25) is 10.0 Å². The zero-order chi connectivity index (χ0) is 13.9. The number of sulfonamides is 1. The third-order valence-electron chi connectivity index (χ3n) is 2.68. The number of benzene rings is 1. The largest absolute Gasteiger partial charge is 0.389 e. The van der Waals surface area contributed by atoms with Crippen LogP contribution in [0.4, 0.5) is 0 Å². The van der Waals surface area contributed by atoms with E-state index in [1.165, 1.54) is 18.5 Å². The molecule has 0 bridgehead atoms. The minimum Gasteiger partial charge on any atom is -0.389 e. The minimum atomic E-state index is -3.56. The van der Waals surface area contributed by atoms with Crippen LogP contribution in [0.15, 0.2) is 41.7 Å². The van der Waals surface area contributed by atoms with Crippen LogP contribution in [0.5, 0.6) is 0 Å². The molecule has 2 aromatic rings. The van der Waals surface area contributed by atoms with Crippen molar-refractivity contribution in [3.05, 3.63) is 48.0 Å². The maximum absolute atomic E-state index is 12.0. The lowest BCUT2D eigenvalue weighted by Crippen LogP contribution is -2.23. The molecule has 0 saturated heterocycles. The van der Waals surface area contributed by atoms with E-state index in [2.05, 4.69) is 14.7 Å². The number of imidazole rings is 1. The fraction of sp³-hybridized carbons (Fsp3) is 0.250. The second kappa shape index (κ2) is 5.52. The Balaban J connectivity index is 2.10. The number of aromatic nitrogens is 2. The number of hydrogen-bond acceptors (Lipinski definition) is 4. The van der Waals surface area contributed by atoms with Crippen molar-refractivity contribution in [2.24, 2.45) is 0 Å². The monoisotopic (exact) mass is 281 g/mol. The Bertz CT molecular complexity index is 619. The zero-order valence-electron chi connectivity index (χ0n) is 10.4. The molecule has 0 aliphatic carbocycles. The fourth-order valence-corrected chi connectivity index (χ4v) is 2.57. The third-order valence-corrected chi connectivity index (χ3v) is 4.10. The first-order valence-corrected chi connectivity index (χ1v) is 7.22. The maximum Gasteiger partial charge on any atom is 0.240 e. The van der Waals surface area contributed by atoms with Crippen LogP contribution in [0.2, 0.25) is 0 Å². The molecule has 6 nitrogen and oxygen atoms in total. The SMILES string of the molecule is CC(O)c1ccc(S(=O)(=O)NCc2cnc[nH]2)cc1. The van der Waals surface area contributed by atoms with Gasteiger partial charge in [-0.05, 0) is 24.6 Å². The molecule has 1 aromatic carbocycles. The van der Waals surface area contributed by atoms with Gasteiger partial charge in [-0.1, -0.05) is 12.1 Å². The molecule has 0 radical (unpaired) electrons. The molecule has 102 valence electrons. The van der Waals surface area contributed by atoms with Crippen molar-refractivity contribution in [2.45, 2.75) is 24.5 Å². The van der Waals surface area contributed by atoms with E-state index in [4.69, 9.17) is 0 Å². The Hall–Kier alpha value is -1.70. The Morgan fingerprint density at radius 2 is 2.05 bits per heavy atom. The number of aromatic amines is 1. The lowest BCUT2D eigenvalue weighted by Gasteiger charge is -2.08. The number of aliphatic hydroxyl groups excluding tert-OH is 1. The predicted molar refractivity (Wildman–Crippen MR) is 69.7 cm³/mol. The molecule has 0 fully saturated rings. The van der Waals surface area contributed by atoms with Gasteiger partial charge in [0.05, 0.1) is 23.9 Å². The fourth-order valence-electron chi connectivity index (χ4n) is 1.56. The average Bonchev–Trinajstić information content (AvgIpc) is 2.90. The van der Waals surface area contributed by atoms with E-state index in [-0.39, 0.29) is 11.4 Å². The summed E-state index contributed by atoms with van der Waals surface area (Å²) in [6, 6.07) is 6.12. The Labute approximate surface area is 111 Å². The maximum atomic E-state index is 12.0. The van der Waals surface area contributed by atoms with E-state index < -0.39 is 16.1 Å². The molecule has 0 saturated carbocycles. The van der Waals surface area contributed by atoms with Crippen LogP contribution < -0.4 is 4.72 Å². The summed E-state index contributed by atoms with van der Waals surface area (Å²) < 4.78 is 26.5. The number of H-pyrrole nitrogens is 1. The summed E-state index contributed by atoms with van der Waals surface area (Å²) in [4.78, 5) is 6.79. The lowest BCUT2D eigenvalue weighted by molar-refractivity contribution is 0.199. The van der Waals surface area contributed by atoms with Crippen molar-refractivity contribution >= 4 is 10.0 Å². The second-order valence-electron chi connectivity index (χ2n) is 4.15. The highest BCUT2D eigenvalue weighted by molar-refractivity contribution is 7.89. The summed E-state index contributed by atoms with van der Waals surface area (Å²) >= 11 is 0. The topological polar surface area (TPSA) is 95.1 Å². The number of nitrogens with zero attached hydrogens (tertiary/aromatic N) is 1.